The normalized spacial score (nSPS) is 11.5. The predicted molar refractivity (Wildman–Crippen MR) is 85.5 cm³/mol. The molecule has 0 aliphatic rings. The van der Waals surface area contributed by atoms with Crippen LogP contribution in [0.2, 0.25) is 0 Å². The van der Waals surface area contributed by atoms with Crippen molar-refractivity contribution < 1.29 is 5.11 Å². The van der Waals surface area contributed by atoms with Gasteiger partial charge in [-0.2, -0.15) is 4.98 Å². The van der Waals surface area contributed by atoms with E-state index in [2.05, 4.69) is 10.3 Å². The summed E-state index contributed by atoms with van der Waals surface area (Å²) < 4.78 is 4.42. The zero-order chi connectivity index (χ0) is 16.4. The second kappa shape index (κ2) is 6.35. The summed E-state index contributed by atoms with van der Waals surface area (Å²) in [7, 11) is 1.48. The van der Waals surface area contributed by atoms with Gasteiger partial charge in [0.05, 0.1) is 0 Å². The van der Waals surface area contributed by atoms with E-state index in [0.29, 0.717) is 36.6 Å². The number of aliphatic hydroxyl groups excluding tert-OH is 1. The molecule has 0 atom stereocenters. The zero-order valence-electron chi connectivity index (χ0n) is 13.5. The number of anilines is 1. The maximum Gasteiger partial charge on any atom is 0.332 e. The van der Waals surface area contributed by atoms with Crippen molar-refractivity contribution in [3.05, 3.63) is 20.8 Å². The molecule has 2 aromatic rings. The van der Waals surface area contributed by atoms with Gasteiger partial charge in [-0.25, -0.2) is 4.79 Å². The van der Waals surface area contributed by atoms with Gasteiger partial charge >= 0.3 is 5.69 Å². The highest BCUT2D eigenvalue weighted by atomic mass is 16.3. The summed E-state index contributed by atoms with van der Waals surface area (Å²) >= 11 is 0. The highest BCUT2D eigenvalue weighted by Crippen LogP contribution is 2.18. The van der Waals surface area contributed by atoms with Crippen LogP contribution in [0.25, 0.3) is 11.2 Å². The summed E-state index contributed by atoms with van der Waals surface area (Å²) in [5.74, 6) is 0.544. The summed E-state index contributed by atoms with van der Waals surface area (Å²) in [6.07, 6.45) is 0.585. The Morgan fingerprint density at radius 2 is 2.00 bits per heavy atom. The molecule has 2 N–H and O–H groups in total. The van der Waals surface area contributed by atoms with Crippen molar-refractivity contribution in [1.82, 2.24) is 18.7 Å². The van der Waals surface area contributed by atoms with Crippen LogP contribution in [-0.2, 0) is 13.6 Å². The summed E-state index contributed by atoms with van der Waals surface area (Å²) in [4.78, 5) is 29.3. The first kappa shape index (κ1) is 16.3. The monoisotopic (exact) mass is 309 g/mol. The molecule has 8 heteroatoms. The molecule has 2 rings (SSSR count). The first-order valence-electron chi connectivity index (χ1n) is 7.50. The number of nitrogens with one attached hydrogen (secondary N) is 1. The second-order valence-electron chi connectivity index (χ2n) is 5.47. The average Bonchev–Trinajstić information content (AvgIpc) is 2.83. The molecule has 0 aliphatic heterocycles. The molecular formula is C14H23N5O3. The van der Waals surface area contributed by atoms with Crippen LogP contribution in [0.5, 0.6) is 0 Å². The molecule has 2 heterocycles. The van der Waals surface area contributed by atoms with E-state index in [1.54, 1.807) is 4.57 Å². The number of aromatic nitrogens is 4. The Balaban J connectivity index is 2.77. The van der Waals surface area contributed by atoms with Gasteiger partial charge in [0.25, 0.3) is 5.56 Å². The Morgan fingerprint density at radius 3 is 2.55 bits per heavy atom. The van der Waals surface area contributed by atoms with E-state index in [4.69, 9.17) is 5.11 Å². The number of fused-ring (bicyclic) bond motifs is 1. The van der Waals surface area contributed by atoms with E-state index in [1.807, 2.05) is 20.8 Å². The van der Waals surface area contributed by atoms with E-state index >= 15 is 0 Å². The van der Waals surface area contributed by atoms with Gasteiger partial charge in [0.15, 0.2) is 11.2 Å². The Hall–Kier alpha value is -2.09. The van der Waals surface area contributed by atoms with Crippen LogP contribution in [0.15, 0.2) is 9.59 Å². The fourth-order valence-electron chi connectivity index (χ4n) is 2.50. The van der Waals surface area contributed by atoms with E-state index in [1.165, 1.54) is 11.6 Å². The third-order valence-electron chi connectivity index (χ3n) is 3.63. The largest absolute Gasteiger partial charge is 0.396 e. The fourth-order valence-corrected chi connectivity index (χ4v) is 2.50. The molecular weight excluding hydrogens is 286 g/mol. The maximum atomic E-state index is 12.5. The molecule has 0 aromatic carbocycles. The first-order chi connectivity index (χ1) is 10.4. The van der Waals surface area contributed by atoms with Gasteiger partial charge in [-0.1, -0.05) is 0 Å². The molecule has 0 amide bonds. The van der Waals surface area contributed by atoms with Crippen molar-refractivity contribution in [3.63, 3.8) is 0 Å². The SMILES string of the molecule is CCn1c(NCCCO)nc2c1c(=O)n(C)c(=O)n2C(C)C. The molecule has 8 nitrogen and oxygen atoms in total. The van der Waals surface area contributed by atoms with Gasteiger partial charge in [0, 0.05) is 32.8 Å². The standard InChI is InChI=1S/C14H23N5O3/c1-5-18-10-11(16-13(18)15-7-6-8-20)19(9(2)3)14(22)17(4)12(10)21/h9,20H,5-8H2,1-4H3,(H,15,16). The second-order valence-corrected chi connectivity index (χ2v) is 5.47. The lowest BCUT2D eigenvalue weighted by molar-refractivity contribution is 0.292. The fraction of sp³-hybridized carbons (Fsp3) is 0.643. The molecule has 0 aliphatic carbocycles. The highest BCUT2D eigenvalue weighted by molar-refractivity contribution is 5.74. The topological polar surface area (TPSA) is 94.1 Å². The smallest absolute Gasteiger partial charge is 0.332 e. The third-order valence-corrected chi connectivity index (χ3v) is 3.63. The van der Waals surface area contributed by atoms with E-state index in [0.717, 1.165) is 4.57 Å². The number of nitrogens with zero attached hydrogens (tertiary/aromatic N) is 4. The van der Waals surface area contributed by atoms with Crippen LogP contribution in [-0.4, -0.2) is 36.9 Å². The van der Waals surface area contributed by atoms with Crippen LogP contribution in [0.1, 0.15) is 33.2 Å². The molecule has 2 aromatic heterocycles. The van der Waals surface area contributed by atoms with Gasteiger partial charge in [-0.05, 0) is 27.2 Å². The maximum absolute atomic E-state index is 12.5. The van der Waals surface area contributed by atoms with Gasteiger partial charge in [0.1, 0.15) is 0 Å². The third kappa shape index (κ3) is 2.54. The first-order valence-corrected chi connectivity index (χ1v) is 7.50. The molecule has 0 bridgehead atoms. The van der Waals surface area contributed by atoms with Gasteiger partial charge < -0.3 is 15.0 Å². The van der Waals surface area contributed by atoms with Crippen molar-refractivity contribution in [3.8, 4) is 0 Å². The van der Waals surface area contributed by atoms with Crippen molar-refractivity contribution in [2.24, 2.45) is 7.05 Å². The van der Waals surface area contributed by atoms with Crippen LogP contribution in [0.3, 0.4) is 0 Å². The Morgan fingerprint density at radius 1 is 1.32 bits per heavy atom. The molecule has 122 valence electrons. The number of aryl methyl sites for hydroxylation is 1. The minimum atomic E-state index is -0.366. The highest BCUT2D eigenvalue weighted by Gasteiger charge is 2.20. The van der Waals surface area contributed by atoms with Crippen LogP contribution in [0, 0.1) is 0 Å². The Labute approximate surface area is 128 Å². The quantitative estimate of drug-likeness (QED) is 0.748. The molecule has 0 fully saturated rings. The predicted octanol–water partition coefficient (Wildman–Crippen LogP) is 0.292. The average molecular weight is 309 g/mol. The zero-order valence-corrected chi connectivity index (χ0v) is 13.5. The molecule has 0 saturated heterocycles. The molecule has 0 radical (unpaired) electrons. The van der Waals surface area contributed by atoms with Gasteiger partial charge in [-0.15, -0.1) is 0 Å². The van der Waals surface area contributed by atoms with Crippen molar-refractivity contribution in [2.75, 3.05) is 18.5 Å². The van der Waals surface area contributed by atoms with Crippen molar-refractivity contribution >= 4 is 17.1 Å². The minimum Gasteiger partial charge on any atom is -0.396 e. The lowest BCUT2D eigenvalue weighted by Gasteiger charge is -2.12. The van der Waals surface area contributed by atoms with E-state index in [-0.39, 0.29) is 23.9 Å². The number of hydrogen-bond acceptors (Lipinski definition) is 5. The summed E-state index contributed by atoms with van der Waals surface area (Å²) in [6.45, 7) is 6.88. The Kier molecular flexibility index (Phi) is 4.70. The van der Waals surface area contributed by atoms with Crippen molar-refractivity contribution in [2.45, 2.75) is 39.8 Å². The Bertz CT molecular complexity index is 784. The number of aliphatic hydroxyl groups is 1. The number of rotatable bonds is 6. The summed E-state index contributed by atoms with van der Waals surface area (Å²) in [5, 5.41) is 12.0. The lowest BCUT2D eigenvalue weighted by Crippen LogP contribution is -2.39. The van der Waals surface area contributed by atoms with Gasteiger partial charge in [0.2, 0.25) is 5.95 Å². The molecule has 0 unspecified atom stereocenters. The van der Waals surface area contributed by atoms with E-state index < -0.39 is 0 Å². The van der Waals surface area contributed by atoms with Gasteiger partial charge in [-0.3, -0.25) is 13.9 Å². The van der Waals surface area contributed by atoms with E-state index in [9.17, 15) is 9.59 Å². The molecule has 0 spiro atoms. The summed E-state index contributed by atoms with van der Waals surface area (Å²) in [5.41, 5.74) is 0.109. The van der Waals surface area contributed by atoms with Crippen LogP contribution >= 0.6 is 0 Å². The van der Waals surface area contributed by atoms with Crippen LogP contribution < -0.4 is 16.6 Å². The van der Waals surface area contributed by atoms with Crippen LogP contribution in [0.4, 0.5) is 5.95 Å². The summed E-state index contributed by atoms with van der Waals surface area (Å²) in [6, 6.07) is -0.104. The minimum absolute atomic E-state index is 0.0812. The number of hydrogen-bond donors (Lipinski definition) is 2. The number of imidazole rings is 1. The molecule has 22 heavy (non-hydrogen) atoms. The van der Waals surface area contributed by atoms with Crippen molar-refractivity contribution in [1.29, 1.82) is 0 Å². The lowest BCUT2D eigenvalue weighted by atomic mass is 10.3. The molecule has 0 saturated carbocycles.